The molecule has 170 valence electrons. The molecule has 0 bridgehead atoms. The van der Waals surface area contributed by atoms with Crippen LogP contribution in [0.25, 0.3) is 11.5 Å². The lowest BCUT2D eigenvalue weighted by atomic mass is 10.1. The second-order valence-electron chi connectivity index (χ2n) is 7.99. The number of hydrogen-bond acceptors (Lipinski definition) is 9. The van der Waals surface area contributed by atoms with Crippen molar-refractivity contribution in [3.8, 4) is 17.4 Å². The van der Waals surface area contributed by atoms with E-state index in [1.54, 1.807) is 19.1 Å². The van der Waals surface area contributed by atoms with E-state index >= 15 is 0 Å². The summed E-state index contributed by atoms with van der Waals surface area (Å²) < 4.78 is 16.8. The molecule has 32 heavy (non-hydrogen) atoms. The molecule has 1 aliphatic rings. The Hall–Kier alpha value is -2.72. The van der Waals surface area contributed by atoms with Gasteiger partial charge in [0.25, 0.3) is 0 Å². The number of nitrogens with zero attached hydrogens (tertiary/aromatic N) is 6. The largest absolute Gasteiger partial charge is 0.481 e. The first-order valence-electron chi connectivity index (χ1n) is 10.8. The van der Waals surface area contributed by atoms with Crippen molar-refractivity contribution in [2.75, 3.05) is 18.4 Å². The number of nitrogens with one attached hydrogen (secondary N) is 1. The number of methoxy groups -OCH3 is 1. The number of rotatable bonds is 9. The summed E-state index contributed by atoms with van der Waals surface area (Å²) in [5, 5.41) is 9.14. The van der Waals surface area contributed by atoms with Crippen molar-refractivity contribution in [2.24, 2.45) is 0 Å². The van der Waals surface area contributed by atoms with Crippen LogP contribution in [0.4, 0.5) is 5.95 Å². The van der Waals surface area contributed by atoms with Crippen LogP contribution in [-0.2, 0) is 11.2 Å². The molecule has 0 saturated carbocycles. The van der Waals surface area contributed by atoms with Crippen LogP contribution in [0, 0.1) is 6.92 Å². The number of hydrogen-bond donors (Lipinski definition) is 1. The van der Waals surface area contributed by atoms with Crippen LogP contribution < -0.4 is 9.46 Å². The van der Waals surface area contributed by atoms with Gasteiger partial charge in [0.1, 0.15) is 11.5 Å². The molecule has 4 rings (SSSR count). The topological polar surface area (TPSA) is 99.9 Å². The molecule has 3 atom stereocenters. The maximum Gasteiger partial charge on any atom is 0.235 e. The average molecular weight is 456 g/mol. The van der Waals surface area contributed by atoms with Crippen molar-refractivity contribution in [1.29, 1.82) is 0 Å². The van der Waals surface area contributed by atoms with Gasteiger partial charge in [-0.15, -0.1) is 10.2 Å². The van der Waals surface area contributed by atoms with E-state index in [0.717, 1.165) is 37.3 Å². The maximum absolute atomic E-state index is 5.97. The summed E-state index contributed by atoms with van der Waals surface area (Å²) in [6.07, 6.45) is 6.63. The molecule has 1 fully saturated rings. The quantitative estimate of drug-likeness (QED) is 0.482. The highest BCUT2D eigenvalue weighted by atomic mass is 32.2. The summed E-state index contributed by atoms with van der Waals surface area (Å²) in [5.41, 5.74) is 1.77. The lowest BCUT2D eigenvalue weighted by Crippen LogP contribution is -2.23. The van der Waals surface area contributed by atoms with E-state index in [4.69, 9.17) is 9.47 Å². The Labute approximate surface area is 192 Å². The van der Waals surface area contributed by atoms with Gasteiger partial charge < -0.3 is 9.47 Å². The van der Waals surface area contributed by atoms with Gasteiger partial charge in [0.15, 0.2) is 5.82 Å². The monoisotopic (exact) mass is 455 g/mol. The van der Waals surface area contributed by atoms with Crippen LogP contribution in [0.2, 0.25) is 0 Å². The second kappa shape index (κ2) is 10.3. The van der Waals surface area contributed by atoms with Crippen LogP contribution in [0.1, 0.15) is 44.1 Å². The fourth-order valence-electron chi connectivity index (χ4n) is 3.70. The van der Waals surface area contributed by atoms with E-state index in [0.29, 0.717) is 23.3 Å². The van der Waals surface area contributed by atoms with Crippen LogP contribution in [0.5, 0.6) is 5.88 Å². The van der Waals surface area contributed by atoms with Gasteiger partial charge in [0.05, 0.1) is 19.3 Å². The molecule has 10 heteroatoms. The normalized spacial score (nSPS) is 17.8. The number of anilines is 1. The standard InChI is InChI=1S/C22H29N7O2S/c1-14-12-23-19(24-13-14)11-15(2)32-28-22-27-26-21(17-7-5-9-20(25-17)30-4)29(22)16(3)18-8-6-10-31-18/h5,7,9,12-13,15-16,18H,6,8,10-11H2,1-4H3,(H,27,28)/t15?,16-,18?/m1/s1. The first kappa shape index (κ1) is 22.5. The van der Waals surface area contributed by atoms with E-state index in [9.17, 15) is 0 Å². The van der Waals surface area contributed by atoms with Crippen LogP contribution in [-0.4, -0.2) is 54.8 Å². The Morgan fingerprint density at radius 2 is 2.06 bits per heavy atom. The zero-order chi connectivity index (χ0) is 22.5. The molecule has 0 aromatic carbocycles. The van der Waals surface area contributed by atoms with Crippen molar-refractivity contribution in [1.82, 2.24) is 29.7 Å². The second-order valence-corrected chi connectivity index (χ2v) is 9.23. The van der Waals surface area contributed by atoms with E-state index < -0.39 is 0 Å². The highest BCUT2D eigenvalue weighted by Gasteiger charge is 2.29. The SMILES string of the molecule is COc1cccc(-c2nnc(NSC(C)Cc3ncc(C)cn3)n2[C@H](C)C2CCCO2)n1. The molecule has 3 aromatic rings. The smallest absolute Gasteiger partial charge is 0.235 e. The molecule has 3 aromatic heterocycles. The summed E-state index contributed by atoms with van der Waals surface area (Å²) in [7, 11) is 1.61. The lowest BCUT2D eigenvalue weighted by Gasteiger charge is -2.23. The van der Waals surface area contributed by atoms with Crippen LogP contribution in [0.3, 0.4) is 0 Å². The molecular weight excluding hydrogens is 426 g/mol. The molecule has 0 aliphatic carbocycles. The Morgan fingerprint density at radius 3 is 2.78 bits per heavy atom. The van der Waals surface area contributed by atoms with Gasteiger partial charge in [0.2, 0.25) is 11.8 Å². The Morgan fingerprint density at radius 1 is 1.25 bits per heavy atom. The fourth-order valence-corrected chi connectivity index (χ4v) is 4.38. The summed E-state index contributed by atoms with van der Waals surface area (Å²) in [5.74, 6) is 2.73. The van der Waals surface area contributed by atoms with Gasteiger partial charge >= 0.3 is 0 Å². The summed E-state index contributed by atoms with van der Waals surface area (Å²) in [6.45, 7) is 7.05. The van der Waals surface area contributed by atoms with E-state index in [1.165, 1.54) is 0 Å². The predicted molar refractivity (Wildman–Crippen MR) is 125 cm³/mol. The van der Waals surface area contributed by atoms with Crippen molar-refractivity contribution in [3.05, 3.63) is 42.0 Å². The van der Waals surface area contributed by atoms with Crippen LogP contribution >= 0.6 is 11.9 Å². The van der Waals surface area contributed by atoms with Gasteiger partial charge in [-0.1, -0.05) is 13.0 Å². The fraction of sp³-hybridized carbons (Fsp3) is 0.500. The molecule has 1 N–H and O–H groups in total. The van der Waals surface area contributed by atoms with Gasteiger partial charge in [-0.2, -0.15) is 0 Å². The van der Waals surface area contributed by atoms with Crippen molar-refractivity contribution in [2.45, 2.75) is 57.4 Å². The van der Waals surface area contributed by atoms with Gasteiger partial charge in [-0.25, -0.2) is 15.0 Å². The minimum atomic E-state index is 0.0503. The average Bonchev–Trinajstić information content (AvgIpc) is 3.49. The van der Waals surface area contributed by atoms with E-state index in [1.807, 2.05) is 37.5 Å². The van der Waals surface area contributed by atoms with Crippen molar-refractivity contribution >= 4 is 17.9 Å². The third-order valence-electron chi connectivity index (χ3n) is 5.42. The van der Waals surface area contributed by atoms with Gasteiger partial charge in [0, 0.05) is 36.7 Å². The minimum absolute atomic E-state index is 0.0503. The van der Waals surface area contributed by atoms with Gasteiger partial charge in [-0.3, -0.25) is 9.29 Å². The predicted octanol–water partition coefficient (Wildman–Crippen LogP) is 3.88. The molecule has 2 unspecified atom stereocenters. The van der Waals surface area contributed by atoms with Crippen molar-refractivity contribution in [3.63, 3.8) is 0 Å². The van der Waals surface area contributed by atoms with Crippen molar-refractivity contribution < 1.29 is 9.47 Å². The summed E-state index contributed by atoms with van der Waals surface area (Å²) in [4.78, 5) is 13.4. The molecule has 0 radical (unpaired) electrons. The van der Waals surface area contributed by atoms with E-state index in [-0.39, 0.29) is 17.4 Å². The number of pyridine rings is 1. The molecule has 0 amide bonds. The Kier molecular flexibility index (Phi) is 7.21. The molecule has 4 heterocycles. The Bertz CT molecular complexity index is 1020. The zero-order valence-electron chi connectivity index (χ0n) is 18.9. The van der Waals surface area contributed by atoms with Crippen LogP contribution in [0.15, 0.2) is 30.6 Å². The Balaban J connectivity index is 1.55. The number of ether oxygens (including phenoxy) is 2. The number of aryl methyl sites for hydroxylation is 1. The van der Waals surface area contributed by atoms with Gasteiger partial charge in [-0.05, 0) is 50.3 Å². The third kappa shape index (κ3) is 5.18. The molecular formula is C22H29N7O2S. The highest BCUT2D eigenvalue weighted by molar-refractivity contribution is 8.01. The maximum atomic E-state index is 5.97. The molecule has 1 saturated heterocycles. The number of aromatic nitrogens is 6. The summed E-state index contributed by atoms with van der Waals surface area (Å²) in [6, 6.07) is 5.69. The third-order valence-corrected chi connectivity index (χ3v) is 6.29. The highest BCUT2D eigenvalue weighted by Crippen LogP contribution is 2.32. The first-order chi connectivity index (χ1) is 15.5. The molecule has 9 nitrogen and oxygen atoms in total. The lowest BCUT2D eigenvalue weighted by molar-refractivity contribution is 0.0743. The minimum Gasteiger partial charge on any atom is -0.481 e. The first-order valence-corrected chi connectivity index (χ1v) is 11.7. The molecule has 0 spiro atoms. The van der Waals surface area contributed by atoms with E-state index in [2.05, 4.69) is 48.3 Å². The summed E-state index contributed by atoms with van der Waals surface area (Å²) >= 11 is 1.58. The zero-order valence-corrected chi connectivity index (χ0v) is 19.7. The molecule has 1 aliphatic heterocycles.